The molecule has 4 aromatic rings. The first-order chi connectivity index (χ1) is 20.4. The third kappa shape index (κ3) is 6.51. The van der Waals surface area contributed by atoms with Gasteiger partial charge < -0.3 is 10.5 Å². The highest BCUT2D eigenvalue weighted by Gasteiger charge is 2.31. The third-order valence-electron chi connectivity index (χ3n) is 7.02. The molecule has 5 rings (SSSR count). The Kier molecular flexibility index (Phi) is 8.18. The number of benzene rings is 2. The lowest BCUT2D eigenvalue weighted by molar-refractivity contribution is -0.118. The minimum absolute atomic E-state index is 0.0278. The summed E-state index contributed by atoms with van der Waals surface area (Å²) >= 11 is 0. The van der Waals surface area contributed by atoms with Gasteiger partial charge in [0.15, 0.2) is 0 Å². The fraction of sp³-hybridized carbons (Fsp3) is 0.300. The lowest BCUT2D eigenvalue weighted by Crippen LogP contribution is -2.45. The molecule has 0 saturated heterocycles. The van der Waals surface area contributed by atoms with Gasteiger partial charge in [-0.2, -0.15) is 10.1 Å². The minimum Gasteiger partial charge on any atom is -0.475 e. The normalized spacial score (nSPS) is 16.4. The average Bonchev–Trinajstić information content (AvgIpc) is 3.37. The number of amides is 2. The summed E-state index contributed by atoms with van der Waals surface area (Å²) < 4.78 is 37.1. The number of hydrogen-bond acceptors (Lipinski definition) is 8. The molecule has 2 amide bonds. The standard InChI is InChI=1S/C30H33N7O5S/c1-18(2)11-22-17-42-27-13-25(28-19(3)7-5-8-20(28)4)33-30(34-27)35-43(40,41)24-10-6-9-21(12-24)29(39)37(22)23-14-32-36(15-23)16-26(31)38/h5-10,12-15,18,22H,11,16-17H2,1-4H3,(H2,31,38)(H,33,34,35)/t22-/m1/s1. The van der Waals surface area contributed by atoms with E-state index in [0.29, 0.717) is 17.8 Å². The van der Waals surface area contributed by atoms with Crippen LogP contribution >= 0.6 is 0 Å². The summed E-state index contributed by atoms with van der Waals surface area (Å²) in [6, 6.07) is 12.7. The van der Waals surface area contributed by atoms with Crippen LogP contribution in [0.2, 0.25) is 0 Å². The van der Waals surface area contributed by atoms with Crippen LogP contribution in [0.5, 0.6) is 5.88 Å². The Morgan fingerprint density at radius 2 is 1.84 bits per heavy atom. The van der Waals surface area contributed by atoms with Crippen LogP contribution in [0.15, 0.2) is 65.8 Å². The van der Waals surface area contributed by atoms with Gasteiger partial charge in [-0.05, 0) is 55.5 Å². The van der Waals surface area contributed by atoms with Crippen molar-refractivity contribution in [2.24, 2.45) is 11.7 Å². The maximum Gasteiger partial charge on any atom is 0.264 e. The molecule has 43 heavy (non-hydrogen) atoms. The largest absolute Gasteiger partial charge is 0.475 e. The zero-order valence-electron chi connectivity index (χ0n) is 24.3. The summed E-state index contributed by atoms with van der Waals surface area (Å²) in [5.41, 5.74) is 9.13. The Hall–Kier alpha value is -4.78. The highest BCUT2D eigenvalue weighted by molar-refractivity contribution is 7.92. The molecule has 0 unspecified atom stereocenters. The Labute approximate surface area is 250 Å². The number of nitrogens with two attached hydrogens (primary N) is 1. The second kappa shape index (κ2) is 11.8. The number of carbonyl (C=O) groups is 2. The zero-order valence-corrected chi connectivity index (χ0v) is 25.1. The van der Waals surface area contributed by atoms with Crippen molar-refractivity contribution >= 4 is 33.5 Å². The van der Waals surface area contributed by atoms with Gasteiger partial charge in [-0.15, -0.1) is 0 Å². The van der Waals surface area contributed by atoms with Gasteiger partial charge in [0.05, 0.1) is 28.5 Å². The minimum atomic E-state index is -4.19. The number of nitrogens with zero attached hydrogens (tertiary/aromatic N) is 5. The fourth-order valence-corrected chi connectivity index (χ4v) is 6.19. The number of ether oxygens (including phenoxy) is 1. The Balaban J connectivity index is 1.69. The number of hydrogen-bond donors (Lipinski definition) is 2. The molecule has 12 nitrogen and oxygen atoms in total. The first-order valence-corrected chi connectivity index (χ1v) is 15.3. The number of sulfonamides is 1. The zero-order chi connectivity index (χ0) is 30.9. The molecule has 2 aromatic carbocycles. The van der Waals surface area contributed by atoms with E-state index in [2.05, 4.69) is 19.8 Å². The van der Waals surface area contributed by atoms with Crippen molar-refractivity contribution in [3.63, 3.8) is 0 Å². The first kappa shape index (κ1) is 29.7. The topological polar surface area (TPSA) is 162 Å². The Bertz CT molecular complexity index is 1780. The van der Waals surface area contributed by atoms with Crippen molar-refractivity contribution in [3.8, 4) is 17.1 Å². The third-order valence-corrected chi connectivity index (χ3v) is 8.35. The summed E-state index contributed by atoms with van der Waals surface area (Å²) in [7, 11) is -4.19. The van der Waals surface area contributed by atoms with Gasteiger partial charge in [0, 0.05) is 23.4 Å². The maximum absolute atomic E-state index is 14.1. The average molecular weight is 604 g/mol. The van der Waals surface area contributed by atoms with Crippen LogP contribution in [0.3, 0.4) is 0 Å². The van der Waals surface area contributed by atoms with Gasteiger partial charge in [0.2, 0.25) is 17.7 Å². The molecule has 3 N–H and O–H groups in total. The van der Waals surface area contributed by atoms with Crippen molar-refractivity contribution in [1.82, 2.24) is 19.7 Å². The predicted molar refractivity (Wildman–Crippen MR) is 161 cm³/mol. The van der Waals surface area contributed by atoms with Crippen molar-refractivity contribution in [3.05, 3.63) is 77.6 Å². The first-order valence-electron chi connectivity index (χ1n) is 13.8. The smallest absolute Gasteiger partial charge is 0.264 e. The van der Waals surface area contributed by atoms with Crippen molar-refractivity contribution in [2.45, 2.75) is 51.6 Å². The van der Waals surface area contributed by atoms with Crippen LogP contribution in [-0.4, -0.2) is 52.6 Å². The number of aromatic nitrogens is 4. The summed E-state index contributed by atoms with van der Waals surface area (Å²) in [5.74, 6) is -0.909. The van der Waals surface area contributed by atoms with Gasteiger partial charge in [-0.1, -0.05) is 38.1 Å². The highest BCUT2D eigenvalue weighted by Crippen LogP contribution is 2.31. The SMILES string of the molecule is Cc1cccc(C)c1-c1cc2nc(n1)NS(=O)(=O)c1cccc(c1)C(=O)N(c1cnn(CC(N)=O)c1)[C@H](CC(C)C)CO2. The monoisotopic (exact) mass is 603 g/mol. The van der Waals surface area contributed by atoms with Gasteiger partial charge in [-0.3, -0.25) is 19.2 Å². The Morgan fingerprint density at radius 1 is 1.12 bits per heavy atom. The second-order valence-corrected chi connectivity index (χ2v) is 12.6. The van der Waals surface area contributed by atoms with Crippen LogP contribution in [-0.2, 0) is 21.4 Å². The molecular weight excluding hydrogens is 570 g/mol. The number of anilines is 2. The summed E-state index contributed by atoms with van der Waals surface area (Å²) in [6.45, 7) is 7.81. The summed E-state index contributed by atoms with van der Waals surface area (Å²) in [4.78, 5) is 36.0. The molecule has 1 aliphatic rings. The quantitative estimate of drug-likeness (QED) is 0.337. The van der Waals surface area contributed by atoms with Gasteiger partial charge >= 0.3 is 0 Å². The van der Waals surface area contributed by atoms with Crippen molar-refractivity contribution in [1.29, 1.82) is 0 Å². The van der Waals surface area contributed by atoms with Crippen LogP contribution in [0.4, 0.5) is 11.6 Å². The van der Waals surface area contributed by atoms with E-state index in [-0.39, 0.29) is 41.4 Å². The molecule has 3 heterocycles. The molecule has 13 heteroatoms. The van der Waals surface area contributed by atoms with E-state index in [1.54, 1.807) is 18.3 Å². The van der Waals surface area contributed by atoms with E-state index < -0.39 is 27.9 Å². The molecule has 0 aliphatic carbocycles. The molecule has 4 bridgehead atoms. The van der Waals surface area contributed by atoms with E-state index >= 15 is 0 Å². The number of primary amides is 1. The molecule has 224 valence electrons. The molecule has 0 saturated carbocycles. The lowest BCUT2D eigenvalue weighted by Gasteiger charge is -2.32. The van der Waals surface area contributed by atoms with Crippen molar-refractivity contribution in [2.75, 3.05) is 16.2 Å². The number of aryl methyl sites for hydroxylation is 2. The van der Waals surface area contributed by atoms with Crippen LogP contribution in [0, 0.1) is 19.8 Å². The number of fused-ring (bicyclic) bond motifs is 4. The number of nitrogens with one attached hydrogen (secondary N) is 1. The van der Waals surface area contributed by atoms with E-state index in [9.17, 15) is 18.0 Å². The lowest BCUT2D eigenvalue weighted by atomic mass is 10.00. The van der Waals surface area contributed by atoms with E-state index in [1.165, 1.54) is 34.0 Å². The van der Waals surface area contributed by atoms with E-state index in [1.807, 2.05) is 45.9 Å². The molecule has 2 aromatic heterocycles. The molecule has 0 fully saturated rings. The van der Waals surface area contributed by atoms with Gasteiger partial charge in [0.1, 0.15) is 13.2 Å². The van der Waals surface area contributed by atoms with Crippen LogP contribution < -0.4 is 20.1 Å². The maximum atomic E-state index is 14.1. The van der Waals surface area contributed by atoms with Crippen LogP contribution in [0.1, 0.15) is 41.8 Å². The predicted octanol–water partition coefficient (Wildman–Crippen LogP) is 3.70. The molecule has 1 atom stereocenters. The molecule has 0 spiro atoms. The highest BCUT2D eigenvalue weighted by atomic mass is 32.2. The summed E-state index contributed by atoms with van der Waals surface area (Å²) in [6.07, 6.45) is 3.55. The van der Waals surface area contributed by atoms with E-state index in [0.717, 1.165) is 16.7 Å². The molecular formula is C30H33N7O5S. The molecule has 1 aliphatic heterocycles. The van der Waals surface area contributed by atoms with Crippen molar-refractivity contribution < 1.29 is 22.7 Å². The van der Waals surface area contributed by atoms with Gasteiger partial charge in [0.25, 0.3) is 15.9 Å². The number of rotatable bonds is 6. The second-order valence-electron chi connectivity index (χ2n) is 10.9. The van der Waals surface area contributed by atoms with Gasteiger partial charge in [-0.25, -0.2) is 18.1 Å². The van der Waals surface area contributed by atoms with E-state index in [4.69, 9.17) is 10.5 Å². The van der Waals surface area contributed by atoms with Crippen LogP contribution in [0.25, 0.3) is 11.3 Å². The number of carbonyl (C=O) groups excluding carboxylic acids is 2. The Morgan fingerprint density at radius 3 is 2.53 bits per heavy atom. The fourth-order valence-electron chi connectivity index (χ4n) is 5.20. The molecule has 0 radical (unpaired) electrons. The summed E-state index contributed by atoms with van der Waals surface area (Å²) in [5, 5.41) is 4.21.